The van der Waals surface area contributed by atoms with E-state index < -0.39 is 5.97 Å². The van der Waals surface area contributed by atoms with E-state index in [1.54, 1.807) is 5.92 Å². The first kappa shape index (κ1) is 10.6. The molecule has 0 aliphatic rings. The zero-order chi connectivity index (χ0) is 4.99. The van der Waals surface area contributed by atoms with Crippen LogP contribution in [0.25, 0.3) is 0 Å². The Morgan fingerprint density at radius 2 is 2.14 bits per heavy atom. The van der Waals surface area contributed by atoms with Crippen LogP contribution in [0.2, 0.25) is 0 Å². The molecule has 0 aliphatic carbocycles. The number of hydrogen-bond acceptors (Lipinski definition) is 2. The molecule has 0 fully saturated rings. The van der Waals surface area contributed by atoms with Gasteiger partial charge in [0.2, 0.25) is 0 Å². The molecule has 0 rings (SSSR count). The smallest absolute Gasteiger partial charge is 0.537 e. The maximum Gasteiger partial charge on any atom is 1.00 e. The van der Waals surface area contributed by atoms with Gasteiger partial charge in [-0.25, -0.2) is 0 Å². The molecular weight excluding hydrogens is 119 g/mol. The summed E-state index contributed by atoms with van der Waals surface area (Å²) in [4.78, 5) is 9.31. The second kappa shape index (κ2) is 6.67. The van der Waals surface area contributed by atoms with Gasteiger partial charge in [-0.15, -0.1) is 5.92 Å². The number of rotatable bonds is 0. The minimum Gasteiger partial charge on any atom is -0.537 e. The molecule has 0 saturated heterocycles. The average Bonchev–Trinajstić information content (AvgIpc) is 1.35. The van der Waals surface area contributed by atoms with Crippen LogP contribution in [0.15, 0.2) is 0 Å². The normalized spacial score (nSPS) is 4.71. The van der Waals surface area contributed by atoms with Crippen molar-refractivity contribution in [1.82, 2.24) is 0 Å². The van der Waals surface area contributed by atoms with Crippen molar-refractivity contribution in [3.05, 3.63) is 0 Å². The zero-order valence-corrected chi connectivity index (χ0v) is 7.44. The van der Waals surface area contributed by atoms with Crippen molar-refractivity contribution in [2.24, 2.45) is 0 Å². The second-order valence-corrected chi connectivity index (χ2v) is 0.662. The van der Waals surface area contributed by atoms with Gasteiger partial charge in [0.15, 0.2) is 0 Å². The quantitative estimate of drug-likeness (QED) is 0.241. The summed E-state index contributed by atoms with van der Waals surface area (Å²) in [5.41, 5.74) is 0. The number of carbonyl (C=O) groups excluding carboxylic acids is 1. The predicted molar refractivity (Wildman–Crippen MR) is 18.5 cm³/mol. The summed E-state index contributed by atoms with van der Waals surface area (Å²) in [5.74, 6) is 2.60. The summed E-state index contributed by atoms with van der Waals surface area (Å²) < 4.78 is 0. The third kappa shape index (κ3) is 10.8. The summed E-state index contributed by atoms with van der Waals surface area (Å²) >= 11 is 0. The first-order valence-corrected chi connectivity index (χ1v) is 1.41. The van der Waals surface area contributed by atoms with Gasteiger partial charge in [0.05, 0.1) is 0 Å². The van der Waals surface area contributed by atoms with Crippen LogP contribution in [-0.2, 0) is 4.79 Å². The van der Waals surface area contributed by atoms with Crippen LogP contribution in [-0.4, -0.2) is 5.97 Å². The van der Waals surface area contributed by atoms with Gasteiger partial charge in [-0.3, -0.25) is 0 Å². The van der Waals surface area contributed by atoms with E-state index >= 15 is 0 Å². The van der Waals surface area contributed by atoms with Crippen molar-refractivity contribution in [2.45, 2.75) is 6.92 Å². The fourth-order valence-electron chi connectivity index (χ4n) is 0.102. The van der Waals surface area contributed by atoms with Crippen LogP contribution in [0.5, 0.6) is 0 Å². The molecular formula is C4H3KO2. The van der Waals surface area contributed by atoms with Crippen molar-refractivity contribution >= 4 is 5.97 Å². The minimum atomic E-state index is -1.32. The number of aliphatic carboxylic acids is 1. The van der Waals surface area contributed by atoms with Crippen LogP contribution in [0, 0.1) is 11.8 Å². The van der Waals surface area contributed by atoms with Gasteiger partial charge in [-0.2, -0.15) is 0 Å². The van der Waals surface area contributed by atoms with Gasteiger partial charge >= 0.3 is 51.4 Å². The Bertz CT molecular complexity index is 109. The molecule has 0 heterocycles. The Kier molecular flexibility index (Phi) is 10.1. The zero-order valence-electron chi connectivity index (χ0n) is 4.32. The van der Waals surface area contributed by atoms with Crippen molar-refractivity contribution in [3.8, 4) is 11.8 Å². The van der Waals surface area contributed by atoms with Gasteiger partial charge in [0.25, 0.3) is 0 Å². The summed E-state index contributed by atoms with van der Waals surface area (Å²) in [5, 5.41) is 9.31. The number of carboxylic acids is 1. The van der Waals surface area contributed by atoms with E-state index in [0.717, 1.165) is 0 Å². The van der Waals surface area contributed by atoms with Gasteiger partial charge in [0.1, 0.15) is 5.97 Å². The van der Waals surface area contributed by atoms with Crippen LogP contribution in [0.3, 0.4) is 0 Å². The van der Waals surface area contributed by atoms with Crippen LogP contribution in [0.1, 0.15) is 6.92 Å². The third-order valence-electron chi connectivity index (χ3n) is 0.227. The fourth-order valence-corrected chi connectivity index (χ4v) is 0.102. The molecule has 0 unspecified atom stereocenters. The van der Waals surface area contributed by atoms with Crippen LogP contribution < -0.4 is 56.5 Å². The van der Waals surface area contributed by atoms with Crippen LogP contribution in [0.4, 0.5) is 0 Å². The molecule has 0 radical (unpaired) electrons. The molecule has 0 amide bonds. The number of hydrogen-bond donors (Lipinski definition) is 0. The molecule has 0 atom stereocenters. The average molecular weight is 122 g/mol. The largest absolute Gasteiger partial charge is 1.00 e. The standard InChI is InChI=1S/C4H4O2.K/c1-2-3-4(5)6;/h1H3,(H,5,6);/q;+1/p-1. The summed E-state index contributed by atoms with van der Waals surface area (Å²) in [6.07, 6.45) is 0. The van der Waals surface area contributed by atoms with E-state index in [1.165, 1.54) is 6.92 Å². The molecule has 0 bridgehead atoms. The van der Waals surface area contributed by atoms with Crippen molar-refractivity contribution in [3.63, 3.8) is 0 Å². The SMILES string of the molecule is CC#CC(=O)[O-].[K+]. The fraction of sp³-hybridized carbons (Fsp3) is 0.250. The molecule has 0 aromatic rings. The second-order valence-electron chi connectivity index (χ2n) is 0.662. The predicted octanol–water partition coefficient (Wildman–Crippen LogP) is -4.24. The van der Waals surface area contributed by atoms with E-state index in [0.29, 0.717) is 0 Å². The first-order chi connectivity index (χ1) is 2.77. The third-order valence-corrected chi connectivity index (χ3v) is 0.227. The number of carboxylic acid groups (broad SMARTS) is 1. The molecule has 0 aliphatic heterocycles. The Labute approximate surface area is 84.7 Å². The van der Waals surface area contributed by atoms with E-state index in [9.17, 15) is 9.90 Å². The maximum atomic E-state index is 9.31. The maximum absolute atomic E-state index is 9.31. The first-order valence-electron chi connectivity index (χ1n) is 1.41. The molecule has 32 valence electrons. The van der Waals surface area contributed by atoms with Crippen molar-refractivity contribution < 1.29 is 61.3 Å². The molecule has 0 saturated carbocycles. The molecule has 7 heavy (non-hydrogen) atoms. The molecule has 2 nitrogen and oxygen atoms in total. The van der Waals surface area contributed by atoms with E-state index in [2.05, 4.69) is 5.92 Å². The molecule has 3 heteroatoms. The molecule has 0 N–H and O–H groups in total. The van der Waals surface area contributed by atoms with Gasteiger partial charge < -0.3 is 9.90 Å². The Morgan fingerprint density at radius 3 is 2.14 bits per heavy atom. The van der Waals surface area contributed by atoms with Gasteiger partial charge in [-0.1, -0.05) is 5.92 Å². The molecule has 0 aromatic carbocycles. The molecule has 0 aromatic heterocycles. The number of carbonyl (C=O) groups is 1. The topological polar surface area (TPSA) is 40.1 Å². The van der Waals surface area contributed by atoms with Crippen molar-refractivity contribution in [2.75, 3.05) is 0 Å². The monoisotopic (exact) mass is 122 g/mol. The van der Waals surface area contributed by atoms with E-state index in [4.69, 9.17) is 0 Å². The summed E-state index contributed by atoms with van der Waals surface area (Å²) in [7, 11) is 0. The van der Waals surface area contributed by atoms with Gasteiger partial charge in [0, 0.05) is 0 Å². The van der Waals surface area contributed by atoms with E-state index in [1.807, 2.05) is 0 Å². The Hall–Kier alpha value is 0.666. The minimum absolute atomic E-state index is 0. The van der Waals surface area contributed by atoms with E-state index in [-0.39, 0.29) is 51.4 Å². The molecule has 0 spiro atoms. The Morgan fingerprint density at radius 1 is 1.71 bits per heavy atom. The summed E-state index contributed by atoms with van der Waals surface area (Å²) in [6, 6.07) is 0. The van der Waals surface area contributed by atoms with Crippen molar-refractivity contribution in [1.29, 1.82) is 0 Å². The Balaban J connectivity index is 0. The summed E-state index contributed by atoms with van der Waals surface area (Å²) in [6.45, 7) is 1.44. The van der Waals surface area contributed by atoms with Crippen LogP contribution >= 0.6 is 0 Å². The van der Waals surface area contributed by atoms with Gasteiger partial charge in [-0.05, 0) is 6.92 Å².